The first-order valence-electron chi connectivity index (χ1n) is 13.3. The molecule has 0 aromatic heterocycles. The quantitative estimate of drug-likeness (QED) is 0.531. The maximum atomic E-state index is 13.2. The van der Waals surface area contributed by atoms with E-state index in [-0.39, 0.29) is 30.9 Å². The van der Waals surface area contributed by atoms with E-state index in [1.54, 1.807) is 36.0 Å². The number of anilines is 1. The first-order valence-corrected chi connectivity index (χ1v) is 13.3. The number of fused-ring (bicyclic) bond motifs is 1. The molecule has 1 saturated heterocycles. The molecule has 2 N–H and O–H groups in total. The van der Waals surface area contributed by atoms with Crippen molar-refractivity contribution in [2.24, 2.45) is 5.92 Å². The molecule has 1 atom stereocenters. The Morgan fingerprint density at radius 1 is 1.10 bits per heavy atom. The maximum Gasteiger partial charge on any atom is 0.410 e. The molecule has 2 heterocycles. The van der Waals surface area contributed by atoms with Gasteiger partial charge in [-0.3, -0.25) is 14.4 Å². The number of hydrogen-bond acceptors (Lipinski definition) is 6. The number of nitrogens with one attached hydrogen (secondary N) is 1. The number of rotatable bonds is 8. The monoisotopic (exact) mass is 536 g/mol. The molecular weight excluding hydrogens is 500 g/mol. The topological polar surface area (TPSA) is 119 Å². The van der Waals surface area contributed by atoms with Crippen LogP contribution < -0.4 is 5.32 Å². The second-order valence-corrected chi connectivity index (χ2v) is 10.3. The van der Waals surface area contributed by atoms with Crippen molar-refractivity contribution in [1.82, 2.24) is 14.7 Å². The number of nitrogens with zero attached hydrogens (tertiary/aromatic N) is 3. The van der Waals surface area contributed by atoms with E-state index < -0.39 is 12.0 Å². The van der Waals surface area contributed by atoms with Crippen molar-refractivity contribution in [3.05, 3.63) is 65.2 Å². The number of carboxylic acid groups (broad SMARTS) is 1. The first-order chi connectivity index (χ1) is 18.7. The molecule has 0 radical (unpaired) electrons. The minimum atomic E-state index is -1.07. The average Bonchev–Trinajstić information content (AvgIpc) is 3.05. The first kappa shape index (κ1) is 27.9. The van der Waals surface area contributed by atoms with Gasteiger partial charge in [-0.05, 0) is 48.4 Å². The molecule has 2 aromatic rings. The lowest BCUT2D eigenvalue weighted by molar-refractivity contribution is -0.141. The van der Waals surface area contributed by atoms with Gasteiger partial charge in [-0.15, -0.1) is 0 Å². The highest BCUT2D eigenvalue weighted by Gasteiger charge is 2.30. The Hall–Kier alpha value is -4.08. The van der Waals surface area contributed by atoms with Gasteiger partial charge < -0.3 is 29.9 Å². The standard InChI is InChI=1S/C29H36N4O6/c1-31(13-10-20-11-14-33(15-12-20)29(38)39-19-21-6-4-3-5-7-21)27(36)22-8-9-23-18-32(2)28(37)25(17-26(34)35)30-24(23)16-22/h3-9,16,20,25,30H,10-15,17-19H2,1-2H3,(H,34,35)/t25-/m0/s1. The van der Waals surface area contributed by atoms with E-state index in [2.05, 4.69) is 5.32 Å². The summed E-state index contributed by atoms with van der Waals surface area (Å²) in [5.74, 6) is -1.10. The van der Waals surface area contributed by atoms with Crippen molar-refractivity contribution < 1.29 is 29.0 Å². The van der Waals surface area contributed by atoms with Crippen molar-refractivity contribution in [2.45, 2.75) is 44.9 Å². The Labute approximate surface area is 228 Å². The molecule has 3 amide bonds. The lowest BCUT2D eigenvalue weighted by Gasteiger charge is -2.32. The number of likely N-dealkylation sites (N-methyl/N-ethyl adjacent to an activating group) is 1. The minimum absolute atomic E-state index is 0.139. The van der Waals surface area contributed by atoms with Crippen LogP contribution in [0.2, 0.25) is 0 Å². The molecule has 2 aromatic carbocycles. The Morgan fingerprint density at radius 3 is 2.51 bits per heavy atom. The fraction of sp³-hybridized carbons (Fsp3) is 0.448. The zero-order valence-corrected chi connectivity index (χ0v) is 22.5. The predicted octanol–water partition coefficient (Wildman–Crippen LogP) is 3.42. The van der Waals surface area contributed by atoms with Crippen LogP contribution in [-0.2, 0) is 27.5 Å². The number of amides is 3. The normalized spacial score (nSPS) is 17.6. The molecule has 0 aliphatic carbocycles. The van der Waals surface area contributed by atoms with E-state index >= 15 is 0 Å². The van der Waals surface area contributed by atoms with Crippen molar-refractivity contribution in [3.8, 4) is 0 Å². The highest BCUT2D eigenvalue weighted by molar-refractivity contribution is 5.96. The molecular formula is C29H36N4O6. The lowest BCUT2D eigenvalue weighted by atomic mass is 9.93. The number of hydrogen-bond donors (Lipinski definition) is 2. The molecule has 0 unspecified atom stereocenters. The zero-order valence-electron chi connectivity index (χ0n) is 22.5. The molecule has 10 heteroatoms. The van der Waals surface area contributed by atoms with Gasteiger partial charge in [0, 0.05) is 51.5 Å². The summed E-state index contributed by atoms with van der Waals surface area (Å²) in [6, 6.07) is 14.0. The van der Waals surface area contributed by atoms with Crippen LogP contribution in [-0.4, -0.2) is 83.5 Å². The number of piperidine rings is 1. The summed E-state index contributed by atoms with van der Waals surface area (Å²) >= 11 is 0. The highest BCUT2D eigenvalue weighted by atomic mass is 16.6. The van der Waals surface area contributed by atoms with Crippen LogP contribution in [0.5, 0.6) is 0 Å². The number of carboxylic acids is 1. The van der Waals surface area contributed by atoms with Crippen LogP contribution in [0.25, 0.3) is 0 Å². The summed E-state index contributed by atoms with van der Waals surface area (Å²) in [4.78, 5) is 54.3. The van der Waals surface area contributed by atoms with E-state index in [0.717, 1.165) is 30.4 Å². The second kappa shape index (κ2) is 12.6. The van der Waals surface area contributed by atoms with E-state index in [1.165, 1.54) is 4.90 Å². The predicted molar refractivity (Wildman–Crippen MR) is 145 cm³/mol. The van der Waals surface area contributed by atoms with Crippen LogP contribution in [0, 0.1) is 5.92 Å². The Kier molecular flexibility index (Phi) is 9.06. The largest absolute Gasteiger partial charge is 0.481 e. The molecule has 2 aliphatic heterocycles. The van der Waals surface area contributed by atoms with Gasteiger partial charge in [0.05, 0.1) is 6.42 Å². The number of aliphatic carboxylic acids is 1. The Balaban J connectivity index is 1.26. The molecule has 208 valence electrons. The van der Waals surface area contributed by atoms with Gasteiger partial charge in [-0.25, -0.2) is 4.79 Å². The number of likely N-dealkylation sites (tertiary alicyclic amines) is 1. The molecule has 39 heavy (non-hydrogen) atoms. The zero-order chi connectivity index (χ0) is 27.9. The minimum Gasteiger partial charge on any atom is -0.481 e. The van der Waals surface area contributed by atoms with Gasteiger partial charge in [0.2, 0.25) is 5.91 Å². The fourth-order valence-electron chi connectivity index (χ4n) is 5.06. The maximum absolute atomic E-state index is 13.2. The van der Waals surface area contributed by atoms with Crippen LogP contribution >= 0.6 is 0 Å². The molecule has 0 bridgehead atoms. The molecule has 1 fully saturated rings. The van der Waals surface area contributed by atoms with Gasteiger partial charge in [0.25, 0.3) is 5.91 Å². The Bertz CT molecular complexity index is 1200. The summed E-state index contributed by atoms with van der Waals surface area (Å²) in [6.45, 7) is 2.45. The van der Waals surface area contributed by atoms with Gasteiger partial charge in [-0.1, -0.05) is 36.4 Å². The van der Waals surface area contributed by atoms with Gasteiger partial charge in [-0.2, -0.15) is 0 Å². The van der Waals surface area contributed by atoms with Crippen molar-refractivity contribution in [3.63, 3.8) is 0 Å². The summed E-state index contributed by atoms with van der Waals surface area (Å²) in [7, 11) is 3.40. The third-order valence-corrected chi connectivity index (χ3v) is 7.44. The highest BCUT2D eigenvalue weighted by Crippen LogP contribution is 2.26. The van der Waals surface area contributed by atoms with Crippen LogP contribution in [0.15, 0.2) is 48.5 Å². The summed E-state index contributed by atoms with van der Waals surface area (Å²) in [5, 5.41) is 12.2. The fourth-order valence-corrected chi connectivity index (χ4v) is 5.06. The number of carbonyl (C=O) groups excluding carboxylic acids is 3. The van der Waals surface area contributed by atoms with Crippen molar-refractivity contribution >= 4 is 29.6 Å². The van der Waals surface area contributed by atoms with E-state index in [9.17, 15) is 24.3 Å². The SMILES string of the molecule is CN(CCC1CCN(C(=O)OCc2ccccc2)CC1)C(=O)c1ccc2c(c1)N[C@@H](CC(=O)O)C(=O)N(C)C2. The summed E-state index contributed by atoms with van der Waals surface area (Å²) in [6.07, 6.45) is 1.91. The second-order valence-electron chi connectivity index (χ2n) is 10.3. The third kappa shape index (κ3) is 7.28. The molecule has 0 saturated carbocycles. The summed E-state index contributed by atoms with van der Waals surface area (Å²) < 4.78 is 5.44. The molecule has 2 aliphatic rings. The Morgan fingerprint density at radius 2 is 1.82 bits per heavy atom. The van der Waals surface area contributed by atoms with Gasteiger partial charge >= 0.3 is 12.1 Å². The molecule has 0 spiro atoms. The van der Waals surface area contributed by atoms with E-state index in [4.69, 9.17) is 4.74 Å². The van der Waals surface area contributed by atoms with E-state index in [1.807, 2.05) is 36.4 Å². The number of benzene rings is 2. The summed E-state index contributed by atoms with van der Waals surface area (Å²) in [5.41, 5.74) is 2.86. The van der Waals surface area contributed by atoms with Crippen molar-refractivity contribution in [1.29, 1.82) is 0 Å². The third-order valence-electron chi connectivity index (χ3n) is 7.44. The van der Waals surface area contributed by atoms with E-state index in [0.29, 0.717) is 43.3 Å². The average molecular weight is 537 g/mol. The van der Waals surface area contributed by atoms with Crippen LogP contribution in [0.1, 0.15) is 47.2 Å². The van der Waals surface area contributed by atoms with Crippen LogP contribution in [0.3, 0.4) is 0 Å². The molecule has 4 rings (SSSR count). The van der Waals surface area contributed by atoms with Gasteiger partial charge in [0.15, 0.2) is 0 Å². The number of ether oxygens (including phenoxy) is 1. The number of carbonyl (C=O) groups is 4. The lowest BCUT2D eigenvalue weighted by Crippen LogP contribution is -2.39. The smallest absolute Gasteiger partial charge is 0.410 e. The van der Waals surface area contributed by atoms with Gasteiger partial charge in [0.1, 0.15) is 12.6 Å². The van der Waals surface area contributed by atoms with Crippen LogP contribution in [0.4, 0.5) is 10.5 Å². The van der Waals surface area contributed by atoms with Crippen molar-refractivity contribution in [2.75, 3.05) is 39.0 Å². The molecule has 10 nitrogen and oxygen atoms in total.